The van der Waals surface area contributed by atoms with Gasteiger partial charge in [0.1, 0.15) is 0 Å². The van der Waals surface area contributed by atoms with Gasteiger partial charge in [-0.25, -0.2) is 8.42 Å². The van der Waals surface area contributed by atoms with Crippen molar-refractivity contribution in [3.63, 3.8) is 0 Å². The van der Waals surface area contributed by atoms with Crippen molar-refractivity contribution >= 4 is 15.9 Å². The molecule has 0 spiro atoms. The Morgan fingerprint density at radius 3 is 2.42 bits per heavy atom. The number of carbonyl (C=O) groups is 1. The molecule has 1 amide bonds. The van der Waals surface area contributed by atoms with E-state index in [4.69, 9.17) is 4.42 Å². The van der Waals surface area contributed by atoms with Crippen LogP contribution >= 0.6 is 0 Å². The van der Waals surface area contributed by atoms with Crippen LogP contribution in [0.4, 0.5) is 0 Å². The fourth-order valence-corrected chi connectivity index (χ4v) is 4.10. The Morgan fingerprint density at radius 1 is 1.21 bits per heavy atom. The van der Waals surface area contributed by atoms with Crippen molar-refractivity contribution in [2.24, 2.45) is 0 Å². The van der Waals surface area contributed by atoms with Crippen LogP contribution in [0.2, 0.25) is 0 Å². The minimum absolute atomic E-state index is 0.173. The van der Waals surface area contributed by atoms with Gasteiger partial charge in [0, 0.05) is 26.2 Å². The highest BCUT2D eigenvalue weighted by molar-refractivity contribution is 7.90. The van der Waals surface area contributed by atoms with E-state index in [2.05, 4.69) is 0 Å². The summed E-state index contributed by atoms with van der Waals surface area (Å²) in [6.07, 6.45) is 3.00. The summed E-state index contributed by atoms with van der Waals surface area (Å²) in [5.74, 6) is 0.131. The second kappa shape index (κ2) is 4.64. The van der Waals surface area contributed by atoms with E-state index in [1.165, 1.54) is 10.6 Å². The van der Waals surface area contributed by atoms with E-state index in [9.17, 15) is 13.2 Å². The van der Waals surface area contributed by atoms with Crippen LogP contribution in [0.1, 0.15) is 23.4 Å². The van der Waals surface area contributed by atoms with Crippen LogP contribution in [0.3, 0.4) is 0 Å². The first kappa shape index (κ1) is 12.7. The monoisotopic (exact) mass is 284 g/mol. The molecule has 1 saturated heterocycles. The zero-order valence-electron chi connectivity index (χ0n) is 10.5. The molecule has 19 heavy (non-hydrogen) atoms. The number of furan rings is 1. The van der Waals surface area contributed by atoms with Gasteiger partial charge in [0.25, 0.3) is 5.91 Å². The smallest absolute Gasteiger partial charge is 0.289 e. The molecule has 1 aliphatic carbocycles. The average Bonchev–Trinajstić information content (AvgIpc) is 3.15. The first-order valence-electron chi connectivity index (χ1n) is 6.41. The average molecular weight is 284 g/mol. The molecule has 0 bridgehead atoms. The maximum atomic E-state index is 12.1. The van der Waals surface area contributed by atoms with Crippen molar-refractivity contribution in [3.05, 3.63) is 24.2 Å². The third-order valence-corrected chi connectivity index (χ3v) is 5.96. The number of nitrogens with zero attached hydrogens (tertiary/aromatic N) is 2. The topological polar surface area (TPSA) is 70.8 Å². The lowest BCUT2D eigenvalue weighted by Crippen LogP contribution is -2.51. The molecule has 1 aromatic rings. The van der Waals surface area contributed by atoms with Crippen LogP contribution in [-0.2, 0) is 10.0 Å². The van der Waals surface area contributed by atoms with Gasteiger partial charge in [0.05, 0.1) is 11.5 Å². The van der Waals surface area contributed by atoms with E-state index < -0.39 is 10.0 Å². The molecule has 0 atom stereocenters. The van der Waals surface area contributed by atoms with Crippen molar-refractivity contribution in [1.82, 2.24) is 9.21 Å². The van der Waals surface area contributed by atoms with Gasteiger partial charge in [-0.05, 0) is 25.0 Å². The minimum atomic E-state index is -3.12. The van der Waals surface area contributed by atoms with E-state index in [0.717, 1.165) is 12.8 Å². The van der Waals surface area contributed by atoms with Crippen LogP contribution in [0.15, 0.2) is 22.8 Å². The molecule has 7 heteroatoms. The van der Waals surface area contributed by atoms with Crippen molar-refractivity contribution in [2.75, 3.05) is 26.2 Å². The number of amides is 1. The molecule has 104 valence electrons. The Balaban J connectivity index is 1.62. The largest absolute Gasteiger partial charge is 0.459 e. The van der Waals surface area contributed by atoms with E-state index in [1.54, 1.807) is 17.0 Å². The van der Waals surface area contributed by atoms with E-state index in [-0.39, 0.29) is 11.2 Å². The predicted molar refractivity (Wildman–Crippen MR) is 68.1 cm³/mol. The SMILES string of the molecule is O=C(c1ccco1)N1CCN(S(=O)(=O)C2CC2)CC1. The standard InChI is InChI=1S/C12H16N2O4S/c15-12(11-2-1-9-18-11)13-5-7-14(8-6-13)19(16,17)10-3-4-10/h1-2,9-10H,3-8H2. The summed E-state index contributed by atoms with van der Waals surface area (Å²) in [7, 11) is -3.12. The Kier molecular flexibility index (Phi) is 3.10. The number of hydrogen-bond donors (Lipinski definition) is 0. The van der Waals surface area contributed by atoms with Crippen molar-refractivity contribution in [2.45, 2.75) is 18.1 Å². The Morgan fingerprint density at radius 2 is 1.89 bits per heavy atom. The molecule has 0 radical (unpaired) electrons. The van der Waals surface area contributed by atoms with Crippen LogP contribution < -0.4 is 0 Å². The second-order valence-corrected chi connectivity index (χ2v) is 7.13. The summed E-state index contributed by atoms with van der Waals surface area (Å²) in [4.78, 5) is 13.7. The van der Waals surface area contributed by atoms with Crippen molar-refractivity contribution in [3.8, 4) is 0 Å². The zero-order chi connectivity index (χ0) is 13.5. The van der Waals surface area contributed by atoms with Crippen LogP contribution in [0.25, 0.3) is 0 Å². The molecule has 1 saturated carbocycles. The second-order valence-electron chi connectivity index (χ2n) is 4.91. The number of hydrogen-bond acceptors (Lipinski definition) is 4. The first-order valence-corrected chi connectivity index (χ1v) is 7.91. The molecule has 0 N–H and O–H groups in total. The van der Waals surface area contributed by atoms with Gasteiger partial charge in [-0.1, -0.05) is 0 Å². The molecule has 0 unspecified atom stereocenters. The van der Waals surface area contributed by atoms with Gasteiger partial charge < -0.3 is 9.32 Å². The molecule has 1 aromatic heterocycles. The highest BCUT2D eigenvalue weighted by Gasteiger charge is 2.41. The summed E-state index contributed by atoms with van der Waals surface area (Å²) in [6, 6.07) is 3.29. The quantitative estimate of drug-likeness (QED) is 0.812. The molecule has 2 heterocycles. The van der Waals surface area contributed by atoms with Gasteiger partial charge in [-0.15, -0.1) is 0 Å². The van der Waals surface area contributed by atoms with Gasteiger partial charge in [0.15, 0.2) is 5.76 Å². The number of rotatable bonds is 3. The zero-order valence-corrected chi connectivity index (χ0v) is 11.3. The minimum Gasteiger partial charge on any atom is -0.459 e. The Bertz CT molecular complexity index is 555. The van der Waals surface area contributed by atoms with Gasteiger partial charge in [0.2, 0.25) is 10.0 Å². The molecule has 3 rings (SSSR count). The van der Waals surface area contributed by atoms with Gasteiger partial charge in [-0.2, -0.15) is 4.31 Å². The molecule has 2 fully saturated rings. The summed E-state index contributed by atoms with van der Waals surface area (Å²) < 4.78 is 30.7. The molecule has 1 aliphatic heterocycles. The number of carbonyl (C=O) groups excluding carboxylic acids is 1. The third-order valence-electron chi connectivity index (χ3n) is 3.56. The lowest BCUT2D eigenvalue weighted by atomic mass is 10.3. The third kappa shape index (κ3) is 2.40. The number of piperazine rings is 1. The fraction of sp³-hybridized carbons (Fsp3) is 0.583. The highest BCUT2D eigenvalue weighted by atomic mass is 32.2. The van der Waals surface area contributed by atoms with Crippen LogP contribution in [0, 0.1) is 0 Å². The Labute approximate surface area is 112 Å². The molecular formula is C12H16N2O4S. The fourth-order valence-electron chi connectivity index (χ4n) is 2.28. The first-order chi connectivity index (χ1) is 9.09. The highest BCUT2D eigenvalue weighted by Crippen LogP contribution is 2.31. The summed E-state index contributed by atoms with van der Waals surface area (Å²) in [5, 5.41) is -0.181. The maximum Gasteiger partial charge on any atom is 0.289 e. The summed E-state index contributed by atoms with van der Waals surface area (Å²) in [5.41, 5.74) is 0. The number of sulfonamides is 1. The van der Waals surface area contributed by atoms with Crippen molar-refractivity contribution in [1.29, 1.82) is 0 Å². The van der Waals surface area contributed by atoms with Crippen molar-refractivity contribution < 1.29 is 17.6 Å². The van der Waals surface area contributed by atoms with E-state index in [0.29, 0.717) is 31.9 Å². The van der Waals surface area contributed by atoms with E-state index >= 15 is 0 Å². The summed E-state index contributed by atoms with van der Waals surface area (Å²) >= 11 is 0. The predicted octanol–water partition coefficient (Wildman–Crippen LogP) is 0.530. The van der Waals surface area contributed by atoms with Crippen LogP contribution in [0.5, 0.6) is 0 Å². The molecular weight excluding hydrogens is 268 g/mol. The molecule has 0 aromatic carbocycles. The van der Waals surface area contributed by atoms with Gasteiger partial charge >= 0.3 is 0 Å². The van der Waals surface area contributed by atoms with Gasteiger partial charge in [-0.3, -0.25) is 4.79 Å². The van der Waals surface area contributed by atoms with E-state index in [1.807, 2.05) is 0 Å². The lowest BCUT2D eigenvalue weighted by Gasteiger charge is -2.33. The summed E-state index contributed by atoms with van der Waals surface area (Å²) in [6.45, 7) is 1.60. The normalized spacial score (nSPS) is 21.6. The lowest BCUT2D eigenvalue weighted by molar-refractivity contribution is 0.0666. The molecule has 6 nitrogen and oxygen atoms in total. The maximum absolute atomic E-state index is 12.1. The Hall–Kier alpha value is -1.34. The molecule has 2 aliphatic rings. The van der Waals surface area contributed by atoms with Crippen LogP contribution in [-0.4, -0.2) is 55.0 Å².